The quantitative estimate of drug-likeness (QED) is 0.897. The topological polar surface area (TPSA) is 64.3 Å². The van der Waals surface area contributed by atoms with Crippen LogP contribution >= 0.6 is 0 Å². The average Bonchev–Trinajstić information content (AvgIpc) is 2.47. The third kappa shape index (κ3) is 3.59. The molecule has 1 amide bonds. The SMILES string of the molecule is CC(C)(C)C1CC(c2ccc(CC#N)cc2)CCN1C(=O)O. The summed E-state index contributed by atoms with van der Waals surface area (Å²) in [6, 6.07) is 10.4. The maximum Gasteiger partial charge on any atom is 0.407 e. The summed E-state index contributed by atoms with van der Waals surface area (Å²) in [5.41, 5.74) is 2.21. The Bertz CT molecular complexity index is 566. The molecule has 1 N–H and O–H groups in total. The molecule has 0 saturated carbocycles. The molecule has 0 spiro atoms. The largest absolute Gasteiger partial charge is 0.465 e. The van der Waals surface area contributed by atoms with E-state index < -0.39 is 6.09 Å². The molecule has 1 aromatic carbocycles. The monoisotopic (exact) mass is 300 g/mol. The van der Waals surface area contributed by atoms with Crippen molar-refractivity contribution in [2.24, 2.45) is 5.41 Å². The first-order valence-electron chi connectivity index (χ1n) is 7.78. The van der Waals surface area contributed by atoms with Gasteiger partial charge in [0.05, 0.1) is 12.5 Å². The average molecular weight is 300 g/mol. The molecule has 2 unspecified atom stereocenters. The summed E-state index contributed by atoms with van der Waals surface area (Å²) in [6.45, 7) is 6.89. The van der Waals surface area contributed by atoms with Crippen molar-refractivity contribution in [1.29, 1.82) is 5.26 Å². The van der Waals surface area contributed by atoms with Crippen molar-refractivity contribution < 1.29 is 9.90 Å². The van der Waals surface area contributed by atoms with Gasteiger partial charge in [-0.05, 0) is 35.3 Å². The lowest BCUT2D eigenvalue weighted by atomic mass is 9.75. The predicted molar refractivity (Wildman–Crippen MR) is 85.7 cm³/mol. The highest BCUT2D eigenvalue weighted by Crippen LogP contribution is 2.39. The molecule has 1 aromatic rings. The number of carbonyl (C=O) groups is 1. The molecule has 1 aliphatic rings. The molecular weight excluding hydrogens is 276 g/mol. The minimum Gasteiger partial charge on any atom is -0.465 e. The summed E-state index contributed by atoms with van der Waals surface area (Å²) >= 11 is 0. The van der Waals surface area contributed by atoms with Gasteiger partial charge in [-0.25, -0.2) is 4.79 Å². The summed E-state index contributed by atoms with van der Waals surface area (Å²) in [5.74, 6) is 0.385. The Morgan fingerprint density at radius 2 is 2.00 bits per heavy atom. The number of hydrogen-bond acceptors (Lipinski definition) is 2. The van der Waals surface area contributed by atoms with Crippen LogP contribution in [0.1, 0.15) is 50.7 Å². The normalized spacial score (nSPS) is 22.2. The molecule has 0 aliphatic carbocycles. The number of piperidine rings is 1. The third-order valence-electron chi connectivity index (χ3n) is 4.58. The fourth-order valence-electron chi connectivity index (χ4n) is 3.32. The molecule has 2 rings (SSSR count). The minimum atomic E-state index is -0.817. The molecule has 0 radical (unpaired) electrons. The first-order valence-corrected chi connectivity index (χ1v) is 7.78. The van der Waals surface area contributed by atoms with Gasteiger partial charge in [0.1, 0.15) is 0 Å². The number of rotatable bonds is 2. The summed E-state index contributed by atoms with van der Waals surface area (Å²) in [6.07, 6.45) is 1.33. The molecule has 1 saturated heterocycles. The lowest BCUT2D eigenvalue weighted by molar-refractivity contribution is 0.0526. The van der Waals surface area contributed by atoms with E-state index in [9.17, 15) is 9.90 Å². The standard InChI is InChI=1S/C18H24N2O2/c1-18(2,3)16-12-15(9-11-20(16)17(21)22)14-6-4-13(5-7-14)8-10-19/h4-7,15-16H,8-9,11-12H2,1-3H3,(H,21,22). The highest BCUT2D eigenvalue weighted by atomic mass is 16.4. The summed E-state index contributed by atoms with van der Waals surface area (Å²) in [7, 11) is 0. The van der Waals surface area contributed by atoms with Gasteiger partial charge in [0.2, 0.25) is 0 Å². The van der Waals surface area contributed by atoms with E-state index in [1.165, 1.54) is 5.56 Å². The molecule has 1 fully saturated rings. The van der Waals surface area contributed by atoms with E-state index >= 15 is 0 Å². The molecule has 0 aromatic heterocycles. The van der Waals surface area contributed by atoms with Crippen molar-refractivity contribution in [2.45, 2.75) is 52.0 Å². The lowest BCUT2D eigenvalue weighted by Crippen LogP contribution is -2.51. The molecule has 4 heteroatoms. The highest BCUT2D eigenvalue weighted by molar-refractivity contribution is 5.65. The minimum absolute atomic E-state index is 0.0301. The van der Waals surface area contributed by atoms with Crippen molar-refractivity contribution in [3.8, 4) is 6.07 Å². The van der Waals surface area contributed by atoms with Crippen LogP contribution in [0.25, 0.3) is 0 Å². The van der Waals surface area contributed by atoms with Gasteiger partial charge < -0.3 is 10.0 Å². The molecule has 1 aliphatic heterocycles. The number of likely N-dealkylation sites (tertiary alicyclic amines) is 1. The number of carboxylic acid groups (broad SMARTS) is 1. The predicted octanol–water partition coefficient (Wildman–Crippen LogP) is 4.02. The smallest absolute Gasteiger partial charge is 0.407 e. The van der Waals surface area contributed by atoms with Gasteiger partial charge in [-0.2, -0.15) is 5.26 Å². The lowest BCUT2D eigenvalue weighted by Gasteiger charge is -2.44. The maximum atomic E-state index is 11.5. The Hall–Kier alpha value is -2.02. The van der Waals surface area contributed by atoms with E-state index in [4.69, 9.17) is 5.26 Å². The number of benzene rings is 1. The van der Waals surface area contributed by atoms with Gasteiger partial charge in [-0.3, -0.25) is 0 Å². The first-order chi connectivity index (χ1) is 10.3. The van der Waals surface area contributed by atoms with Crippen molar-refractivity contribution in [3.05, 3.63) is 35.4 Å². The first kappa shape index (κ1) is 16.4. The molecule has 22 heavy (non-hydrogen) atoms. The zero-order chi connectivity index (χ0) is 16.3. The van der Waals surface area contributed by atoms with Crippen LogP contribution in [0.15, 0.2) is 24.3 Å². The van der Waals surface area contributed by atoms with Gasteiger partial charge in [-0.15, -0.1) is 0 Å². The van der Waals surface area contributed by atoms with Gasteiger partial charge in [0.15, 0.2) is 0 Å². The molecule has 2 atom stereocenters. The Morgan fingerprint density at radius 1 is 1.36 bits per heavy atom. The number of nitrogens with zero attached hydrogens (tertiary/aromatic N) is 2. The Balaban J connectivity index is 2.17. The number of amides is 1. The molecule has 4 nitrogen and oxygen atoms in total. The Kier molecular flexibility index (Phi) is 4.75. The second-order valence-electron chi connectivity index (χ2n) is 7.16. The van der Waals surface area contributed by atoms with Crippen LogP contribution in [0.5, 0.6) is 0 Å². The maximum absolute atomic E-state index is 11.5. The second kappa shape index (κ2) is 6.39. The van der Waals surface area contributed by atoms with Crippen LogP contribution in [-0.2, 0) is 6.42 Å². The van der Waals surface area contributed by atoms with Crippen molar-refractivity contribution in [3.63, 3.8) is 0 Å². The van der Waals surface area contributed by atoms with E-state index in [1.807, 2.05) is 12.1 Å². The van der Waals surface area contributed by atoms with E-state index in [0.29, 0.717) is 18.9 Å². The fraction of sp³-hybridized carbons (Fsp3) is 0.556. The molecule has 1 heterocycles. The van der Waals surface area contributed by atoms with E-state index in [2.05, 4.69) is 39.0 Å². The van der Waals surface area contributed by atoms with Crippen LogP contribution in [0, 0.1) is 16.7 Å². The van der Waals surface area contributed by atoms with Crippen LogP contribution in [-0.4, -0.2) is 28.7 Å². The van der Waals surface area contributed by atoms with Crippen LogP contribution in [0.4, 0.5) is 4.79 Å². The van der Waals surface area contributed by atoms with Crippen molar-refractivity contribution in [1.82, 2.24) is 4.90 Å². The summed E-state index contributed by atoms with van der Waals surface area (Å²) < 4.78 is 0. The number of hydrogen-bond donors (Lipinski definition) is 1. The van der Waals surface area contributed by atoms with Crippen LogP contribution < -0.4 is 0 Å². The summed E-state index contributed by atoms with van der Waals surface area (Å²) in [4.78, 5) is 13.1. The molecule has 0 bridgehead atoms. The zero-order valence-corrected chi connectivity index (χ0v) is 13.5. The van der Waals surface area contributed by atoms with Gasteiger partial charge >= 0.3 is 6.09 Å². The third-order valence-corrected chi connectivity index (χ3v) is 4.58. The van der Waals surface area contributed by atoms with Gasteiger partial charge in [0.25, 0.3) is 0 Å². The van der Waals surface area contributed by atoms with Gasteiger partial charge in [0, 0.05) is 12.6 Å². The molecule has 118 valence electrons. The van der Waals surface area contributed by atoms with Gasteiger partial charge in [-0.1, -0.05) is 45.0 Å². The fourth-order valence-corrected chi connectivity index (χ4v) is 3.32. The van der Waals surface area contributed by atoms with Crippen LogP contribution in [0.3, 0.4) is 0 Å². The van der Waals surface area contributed by atoms with E-state index in [1.54, 1.807) is 4.90 Å². The summed E-state index contributed by atoms with van der Waals surface area (Å²) in [5, 5.41) is 18.2. The Labute approximate surface area is 132 Å². The zero-order valence-electron chi connectivity index (χ0n) is 13.5. The van der Waals surface area contributed by atoms with Crippen molar-refractivity contribution in [2.75, 3.05) is 6.54 Å². The van der Waals surface area contributed by atoms with E-state index in [0.717, 1.165) is 18.4 Å². The van der Waals surface area contributed by atoms with Crippen LogP contribution in [0.2, 0.25) is 0 Å². The Morgan fingerprint density at radius 3 is 2.50 bits per heavy atom. The van der Waals surface area contributed by atoms with Crippen molar-refractivity contribution >= 4 is 6.09 Å². The highest BCUT2D eigenvalue weighted by Gasteiger charge is 2.38. The molecular formula is C18H24N2O2. The number of nitriles is 1. The van der Waals surface area contributed by atoms with E-state index in [-0.39, 0.29) is 11.5 Å². The second-order valence-corrected chi connectivity index (χ2v) is 7.16.